The van der Waals surface area contributed by atoms with E-state index in [-0.39, 0.29) is 5.91 Å². The van der Waals surface area contributed by atoms with Crippen molar-refractivity contribution < 1.29 is 4.79 Å². The van der Waals surface area contributed by atoms with E-state index in [1.165, 1.54) is 0 Å². The van der Waals surface area contributed by atoms with Gasteiger partial charge in [-0.15, -0.1) is 0 Å². The second-order valence-electron chi connectivity index (χ2n) is 2.27. The van der Waals surface area contributed by atoms with Gasteiger partial charge in [0.15, 0.2) is 0 Å². The molecule has 1 amide bonds. The van der Waals surface area contributed by atoms with Crippen molar-refractivity contribution in [3.05, 3.63) is 0 Å². The van der Waals surface area contributed by atoms with Crippen molar-refractivity contribution in [1.29, 1.82) is 0 Å². The maximum absolute atomic E-state index is 10.5. The first-order valence-electron chi connectivity index (χ1n) is 3.23. The third-order valence-corrected chi connectivity index (χ3v) is 0.819. The minimum Gasteiger partial charge on any atom is -0.273 e. The van der Waals surface area contributed by atoms with Gasteiger partial charge in [-0.1, -0.05) is 20.8 Å². The second kappa shape index (κ2) is 4.24. The molecule has 9 heavy (non-hydrogen) atoms. The highest BCUT2D eigenvalue weighted by Crippen LogP contribution is 1.87. The fourth-order valence-electron chi connectivity index (χ4n) is 0.323. The molecule has 0 aliphatic rings. The molecule has 0 saturated heterocycles. The van der Waals surface area contributed by atoms with Crippen molar-refractivity contribution in [2.75, 3.05) is 0 Å². The number of carbonyl (C=O) groups excluding carboxylic acids is 1. The van der Waals surface area contributed by atoms with E-state index in [0.717, 1.165) is 0 Å². The van der Waals surface area contributed by atoms with Crippen molar-refractivity contribution in [2.24, 2.45) is 10.9 Å². The predicted molar refractivity (Wildman–Crippen MR) is 38.6 cm³/mol. The van der Waals surface area contributed by atoms with Gasteiger partial charge in [-0.05, 0) is 5.92 Å². The van der Waals surface area contributed by atoms with Crippen molar-refractivity contribution in [2.45, 2.75) is 27.2 Å². The molecule has 0 radical (unpaired) electrons. The number of aliphatic imine (C=N–C) groups is 1. The van der Waals surface area contributed by atoms with E-state index >= 15 is 0 Å². The van der Waals surface area contributed by atoms with Crippen LogP contribution in [-0.4, -0.2) is 12.1 Å². The van der Waals surface area contributed by atoms with Crippen LogP contribution in [0.4, 0.5) is 0 Å². The van der Waals surface area contributed by atoms with Gasteiger partial charge >= 0.3 is 0 Å². The molecule has 0 unspecified atom stereocenters. The van der Waals surface area contributed by atoms with Crippen molar-refractivity contribution in [3.8, 4) is 0 Å². The molecule has 0 aliphatic heterocycles. The third-order valence-electron chi connectivity index (χ3n) is 0.819. The summed E-state index contributed by atoms with van der Waals surface area (Å²) in [5.74, 6) is 0.337. The Morgan fingerprint density at radius 2 is 2.22 bits per heavy atom. The number of nitrogens with zero attached hydrogens (tertiary/aromatic N) is 1. The Kier molecular flexibility index (Phi) is 3.93. The van der Waals surface area contributed by atoms with Gasteiger partial charge in [0.2, 0.25) is 5.91 Å². The van der Waals surface area contributed by atoms with Gasteiger partial charge in [0.05, 0.1) is 0 Å². The Labute approximate surface area is 56.0 Å². The molecular weight excluding hydrogens is 114 g/mol. The normalized spacial score (nSPS) is 11.1. The van der Waals surface area contributed by atoms with Crippen LogP contribution in [0.1, 0.15) is 27.2 Å². The summed E-state index contributed by atoms with van der Waals surface area (Å²) in [6.45, 7) is 5.79. The molecule has 52 valence electrons. The van der Waals surface area contributed by atoms with Crippen LogP contribution in [0.15, 0.2) is 4.99 Å². The Hall–Kier alpha value is -0.660. The maximum atomic E-state index is 10.5. The van der Waals surface area contributed by atoms with E-state index in [1.54, 1.807) is 13.1 Å². The lowest BCUT2D eigenvalue weighted by atomic mass is 10.2. The van der Waals surface area contributed by atoms with E-state index in [0.29, 0.717) is 12.3 Å². The minimum absolute atomic E-state index is 0.0382. The quantitative estimate of drug-likeness (QED) is 0.518. The predicted octanol–water partition coefficient (Wildman–Crippen LogP) is 1.65. The highest BCUT2D eigenvalue weighted by atomic mass is 16.1. The highest BCUT2D eigenvalue weighted by molar-refractivity contribution is 5.85. The average Bonchev–Trinajstić information content (AvgIpc) is 1.83. The molecule has 0 aromatic rings. The first-order chi connectivity index (χ1) is 4.16. The smallest absolute Gasteiger partial charge is 0.245 e. The topological polar surface area (TPSA) is 29.4 Å². The lowest BCUT2D eigenvalue weighted by Crippen LogP contribution is -1.94. The SMILES string of the molecule is CCC(=O)N=CC(C)C. The molecule has 0 aromatic carbocycles. The summed E-state index contributed by atoms with van der Waals surface area (Å²) in [5, 5.41) is 0. The number of hydrogen-bond acceptors (Lipinski definition) is 1. The van der Waals surface area contributed by atoms with Crippen molar-refractivity contribution in [3.63, 3.8) is 0 Å². The zero-order valence-corrected chi connectivity index (χ0v) is 6.22. The Morgan fingerprint density at radius 1 is 1.67 bits per heavy atom. The van der Waals surface area contributed by atoms with Gasteiger partial charge in [0.1, 0.15) is 0 Å². The molecule has 0 aliphatic carbocycles. The van der Waals surface area contributed by atoms with Gasteiger partial charge in [-0.2, -0.15) is 0 Å². The summed E-state index contributed by atoms with van der Waals surface area (Å²) in [4.78, 5) is 14.2. The highest BCUT2D eigenvalue weighted by Gasteiger charge is 1.90. The Bertz CT molecular complexity index is 116. The van der Waals surface area contributed by atoms with E-state index in [9.17, 15) is 4.79 Å². The summed E-state index contributed by atoms with van der Waals surface area (Å²) in [6.07, 6.45) is 2.18. The van der Waals surface area contributed by atoms with Crippen LogP contribution in [0.2, 0.25) is 0 Å². The number of hydrogen-bond donors (Lipinski definition) is 0. The monoisotopic (exact) mass is 127 g/mol. The van der Waals surface area contributed by atoms with Gasteiger partial charge < -0.3 is 0 Å². The molecule has 0 bridgehead atoms. The zero-order chi connectivity index (χ0) is 7.28. The first kappa shape index (κ1) is 8.34. The minimum atomic E-state index is -0.0382. The standard InChI is InChI=1S/C7H13NO/c1-4-7(9)8-5-6(2)3/h5-6H,4H2,1-3H3. The third kappa shape index (κ3) is 5.21. The van der Waals surface area contributed by atoms with Gasteiger partial charge in [-0.3, -0.25) is 4.79 Å². The molecule has 0 fully saturated rings. The van der Waals surface area contributed by atoms with E-state index < -0.39 is 0 Å². The Balaban J connectivity index is 3.57. The van der Waals surface area contributed by atoms with Gasteiger partial charge in [0.25, 0.3) is 0 Å². The summed E-state index contributed by atoms with van der Waals surface area (Å²) >= 11 is 0. The van der Waals surface area contributed by atoms with Crippen LogP contribution in [0.3, 0.4) is 0 Å². The lowest BCUT2D eigenvalue weighted by Gasteiger charge is -1.90. The van der Waals surface area contributed by atoms with Crippen LogP contribution >= 0.6 is 0 Å². The zero-order valence-electron chi connectivity index (χ0n) is 6.22. The Morgan fingerprint density at radius 3 is 2.56 bits per heavy atom. The number of amides is 1. The van der Waals surface area contributed by atoms with Crippen molar-refractivity contribution >= 4 is 12.1 Å². The first-order valence-corrected chi connectivity index (χ1v) is 3.23. The van der Waals surface area contributed by atoms with Crippen LogP contribution in [0, 0.1) is 5.92 Å². The number of rotatable bonds is 2. The molecule has 0 atom stereocenters. The van der Waals surface area contributed by atoms with Crippen LogP contribution in [0.25, 0.3) is 0 Å². The summed E-state index contributed by atoms with van der Waals surface area (Å²) in [6, 6.07) is 0. The molecule has 2 heteroatoms. The molecular formula is C7H13NO. The summed E-state index contributed by atoms with van der Waals surface area (Å²) < 4.78 is 0. The van der Waals surface area contributed by atoms with Crippen LogP contribution in [-0.2, 0) is 4.79 Å². The summed E-state index contributed by atoms with van der Waals surface area (Å²) in [5.41, 5.74) is 0. The van der Waals surface area contributed by atoms with E-state index in [4.69, 9.17) is 0 Å². The molecule has 0 N–H and O–H groups in total. The van der Waals surface area contributed by atoms with E-state index in [2.05, 4.69) is 4.99 Å². The largest absolute Gasteiger partial charge is 0.273 e. The fraction of sp³-hybridized carbons (Fsp3) is 0.714. The molecule has 0 spiro atoms. The molecule has 2 nitrogen and oxygen atoms in total. The van der Waals surface area contributed by atoms with Crippen molar-refractivity contribution in [1.82, 2.24) is 0 Å². The maximum Gasteiger partial charge on any atom is 0.245 e. The summed E-state index contributed by atoms with van der Waals surface area (Å²) in [7, 11) is 0. The molecule has 0 aromatic heterocycles. The van der Waals surface area contributed by atoms with Gasteiger partial charge in [0, 0.05) is 12.6 Å². The fourth-order valence-corrected chi connectivity index (χ4v) is 0.323. The number of carbonyl (C=O) groups is 1. The van der Waals surface area contributed by atoms with E-state index in [1.807, 2.05) is 13.8 Å². The lowest BCUT2D eigenvalue weighted by molar-refractivity contribution is -0.117. The molecule has 0 saturated carbocycles. The van der Waals surface area contributed by atoms with Crippen LogP contribution < -0.4 is 0 Å². The van der Waals surface area contributed by atoms with Gasteiger partial charge in [-0.25, -0.2) is 4.99 Å². The van der Waals surface area contributed by atoms with Crippen LogP contribution in [0.5, 0.6) is 0 Å². The second-order valence-corrected chi connectivity index (χ2v) is 2.27. The average molecular weight is 127 g/mol. The molecule has 0 rings (SSSR count). The molecule has 0 heterocycles.